The molecule has 10 nitrogen and oxygen atoms in total. The lowest BCUT2D eigenvalue weighted by Crippen LogP contribution is -2.30. The Labute approximate surface area is 212 Å². The van der Waals surface area contributed by atoms with Gasteiger partial charge < -0.3 is 10.6 Å². The van der Waals surface area contributed by atoms with Crippen LogP contribution < -0.4 is 16.0 Å². The normalized spacial score (nSPS) is 11.1. The van der Waals surface area contributed by atoms with E-state index in [1.807, 2.05) is 0 Å². The Morgan fingerprint density at radius 2 is 1.78 bits per heavy atom. The Bertz CT molecular complexity index is 1340. The van der Waals surface area contributed by atoms with Crippen LogP contribution in [0.15, 0.2) is 36.1 Å². The predicted molar refractivity (Wildman–Crippen MR) is 129 cm³/mol. The van der Waals surface area contributed by atoms with Crippen molar-refractivity contribution in [1.82, 2.24) is 25.6 Å². The van der Waals surface area contributed by atoms with Crippen molar-refractivity contribution in [2.75, 3.05) is 18.4 Å². The van der Waals surface area contributed by atoms with Crippen molar-refractivity contribution >= 4 is 40.7 Å². The van der Waals surface area contributed by atoms with E-state index in [0.717, 1.165) is 16.7 Å². The molecule has 0 fully saturated rings. The lowest BCUT2D eigenvalue weighted by molar-refractivity contribution is -0.140. The summed E-state index contributed by atoms with van der Waals surface area (Å²) >= 11 is 0.753. The summed E-state index contributed by atoms with van der Waals surface area (Å²) in [6, 6.07) is 2.27. The van der Waals surface area contributed by atoms with E-state index in [-0.39, 0.29) is 40.7 Å². The van der Waals surface area contributed by atoms with Crippen molar-refractivity contribution in [2.24, 2.45) is 0 Å². The van der Waals surface area contributed by atoms with Crippen LogP contribution in [0.25, 0.3) is 21.7 Å². The SMILES string of the molecule is CCNC(=O)Nc1cc(-c2nc(C(F)(F)F)cs2)c(-c2cncc(C(=O)CNC(=O)CC(C)=O)c2)cn1. The van der Waals surface area contributed by atoms with Crippen LogP contribution in [0.1, 0.15) is 36.3 Å². The molecule has 0 spiro atoms. The number of carbonyl (C=O) groups excluding carboxylic acids is 4. The van der Waals surface area contributed by atoms with Gasteiger partial charge in [0.25, 0.3) is 0 Å². The lowest BCUT2D eigenvalue weighted by Gasteiger charge is -2.12. The lowest BCUT2D eigenvalue weighted by atomic mass is 10.0. The Morgan fingerprint density at radius 1 is 1.03 bits per heavy atom. The molecule has 0 aromatic carbocycles. The van der Waals surface area contributed by atoms with Gasteiger partial charge in [-0.25, -0.2) is 14.8 Å². The summed E-state index contributed by atoms with van der Waals surface area (Å²) in [5.74, 6) is -1.38. The molecule has 3 N–H and O–H groups in total. The number of ketones is 2. The number of hydrogen-bond donors (Lipinski definition) is 3. The van der Waals surface area contributed by atoms with Gasteiger partial charge in [-0.3, -0.25) is 24.7 Å². The summed E-state index contributed by atoms with van der Waals surface area (Å²) in [5, 5.41) is 8.26. The number of halogens is 3. The second-order valence-electron chi connectivity index (χ2n) is 7.68. The maximum absolute atomic E-state index is 13.2. The summed E-state index contributed by atoms with van der Waals surface area (Å²) in [6.07, 6.45) is -1.02. The van der Waals surface area contributed by atoms with Gasteiger partial charge in [-0.15, -0.1) is 11.3 Å². The zero-order chi connectivity index (χ0) is 27.2. The van der Waals surface area contributed by atoms with Crippen LogP contribution in [0.4, 0.5) is 23.8 Å². The molecule has 194 valence electrons. The minimum absolute atomic E-state index is 0.0110. The molecular weight excluding hydrogens is 513 g/mol. The first-order chi connectivity index (χ1) is 17.5. The third kappa shape index (κ3) is 7.39. The van der Waals surface area contributed by atoms with Crippen LogP contribution >= 0.6 is 11.3 Å². The standard InChI is InChI=1S/C23H21F3N6O4S/c1-3-28-22(36)32-19-6-15(21-31-18(11-37-21)23(24,25)26)16(9-29-19)13-5-14(8-27-7-13)17(34)10-30-20(35)4-12(2)33/h5-9,11H,3-4,10H2,1-2H3,(H,30,35)(H2,28,29,32,36). The third-order valence-electron chi connectivity index (χ3n) is 4.73. The summed E-state index contributed by atoms with van der Waals surface area (Å²) in [7, 11) is 0. The van der Waals surface area contributed by atoms with Gasteiger partial charge in [-0.1, -0.05) is 0 Å². The van der Waals surface area contributed by atoms with E-state index >= 15 is 0 Å². The van der Waals surface area contributed by atoms with E-state index in [1.54, 1.807) is 6.92 Å². The van der Waals surface area contributed by atoms with E-state index in [1.165, 1.54) is 37.6 Å². The van der Waals surface area contributed by atoms with Crippen molar-refractivity contribution < 1.29 is 32.3 Å². The first kappa shape index (κ1) is 27.4. The Hall–Kier alpha value is -4.20. The van der Waals surface area contributed by atoms with E-state index in [4.69, 9.17) is 0 Å². The first-order valence-electron chi connectivity index (χ1n) is 10.8. The molecule has 0 radical (unpaired) electrons. The monoisotopic (exact) mass is 534 g/mol. The van der Waals surface area contributed by atoms with Gasteiger partial charge >= 0.3 is 12.2 Å². The largest absolute Gasteiger partial charge is 0.434 e. The molecule has 37 heavy (non-hydrogen) atoms. The number of anilines is 1. The predicted octanol–water partition coefficient (Wildman–Crippen LogP) is 3.71. The van der Waals surface area contributed by atoms with Crippen LogP contribution in [0.3, 0.4) is 0 Å². The van der Waals surface area contributed by atoms with E-state index in [2.05, 4.69) is 30.9 Å². The fraction of sp³-hybridized carbons (Fsp3) is 0.261. The highest BCUT2D eigenvalue weighted by atomic mass is 32.1. The van der Waals surface area contributed by atoms with Crippen LogP contribution in [-0.2, 0) is 15.8 Å². The van der Waals surface area contributed by atoms with Crippen molar-refractivity contribution in [3.63, 3.8) is 0 Å². The average Bonchev–Trinajstić information content (AvgIpc) is 3.33. The number of alkyl halides is 3. The van der Waals surface area contributed by atoms with Crippen molar-refractivity contribution in [3.8, 4) is 21.7 Å². The van der Waals surface area contributed by atoms with Gasteiger partial charge in [0.15, 0.2) is 11.5 Å². The molecule has 0 aliphatic rings. The summed E-state index contributed by atoms with van der Waals surface area (Å²) in [5.41, 5.74) is -0.0736. The van der Waals surface area contributed by atoms with Gasteiger partial charge in [-0.05, 0) is 26.0 Å². The fourth-order valence-corrected chi connectivity index (χ4v) is 3.95. The number of Topliss-reactive ketones (excluding diaryl/α,β-unsaturated/α-hetero) is 2. The van der Waals surface area contributed by atoms with Gasteiger partial charge in [0.05, 0.1) is 13.0 Å². The van der Waals surface area contributed by atoms with Crippen molar-refractivity contribution in [2.45, 2.75) is 26.4 Å². The highest BCUT2D eigenvalue weighted by Gasteiger charge is 2.34. The number of pyridine rings is 2. The molecule has 3 heterocycles. The summed E-state index contributed by atoms with van der Waals surface area (Å²) in [4.78, 5) is 59.1. The molecule has 3 aromatic rings. The number of urea groups is 1. The molecule has 0 bridgehead atoms. The average molecular weight is 535 g/mol. The maximum atomic E-state index is 13.2. The Balaban J connectivity index is 1.97. The van der Waals surface area contributed by atoms with Gasteiger partial charge in [-0.2, -0.15) is 13.2 Å². The zero-order valence-corrected chi connectivity index (χ0v) is 20.4. The molecule has 0 saturated carbocycles. The van der Waals surface area contributed by atoms with Crippen LogP contribution in [0.5, 0.6) is 0 Å². The Morgan fingerprint density at radius 3 is 2.43 bits per heavy atom. The van der Waals surface area contributed by atoms with Gasteiger partial charge in [0.1, 0.15) is 16.6 Å². The number of thiazole rings is 1. The Kier molecular flexibility index (Phi) is 8.65. The van der Waals surface area contributed by atoms with Crippen LogP contribution in [0, 0.1) is 0 Å². The number of amides is 3. The minimum atomic E-state index is -4.65. The van der Waals surface area contributed by atoms with E-state index < -0.39 is 29.6 Å². The fourth-order valence-electron chi connectivity index (χ4n) is 3.09. The smallest absolute Gasteiger partial charge is 0.348 e. The molecule has 3 amide bonds. The van der Waals surface area contributed by atoms with Gasteiger partial charge in [0, 0.05) is 52.8 Å². The summed E-state index contributed by atoms with van der Waals surface area (Å²) in [6.45, 7) is 2.93. The highest BCUT2D eigenvalue weighted by molar-refractivity contribution is 7.13. The molecule has 3 aromatic heterocycles. The molecule has 14 heteroatoms. The summed E-state index contributed by atoms with van der Waals surface area (Å²) < 4.78 is 39.6. The van der Waals surface area contributed by atoms with E-state index in [9.17, 15) is 32.3 Å². The number of nitrogens with zero attached hydrogens (tertiary/aromatic N) is 3. The van der Waals surface area contributed by atoms with Gasteiger partial charge in [0.2, 0.25) is 5.91 Å². The van der Waals surface area contributed by atoms with Crippen molar-refractivity contribution in [3.05, 3.63) is 47.4 Å². The number of carbonyl (C=O) groups is 4. The molecule has 0 atom stereocenters. The molecule has 0 saturated heterocycles. The topological polar surface area (TPSA) is 143 Å². The molecule has 0 unspecified atom stereocenters. The minimum Gasteiger partial charge on any atom is -0.348 e. The molecule has 0 aliphatic heterocycles. The molecule has 3 rings (SSSR count). The van der Waals surface area contributed by atoms with E-state index in [0.29, 0.717) is 17.7 Å². The third-order valence-corrected chi connectivity index (χ3v) is 5.61. The van der Waals surface area contributed by atoms with Crippen molar-refractivity contribution in [1.29, 1.82) is 0 Å². The number of rotatable bonds is 9. The zero-order valence-electron chi connectivity index (χ0n) is 19.6. The number of nitrogens with one attached hydrogen (secondary N) is 3. The second-order valence-corrected chi connectivity index (χ2v) is 8.53. The quantitative estimate of drug-likeness (QED) is 0.281. The second kappa shape index (κ2) is 11.7. The first-order valence-corrected chi connectivity index (χ1v) is 11.7. The number of hydrogen-bond acceptors (Lipinski definition) is 8. The maximum Gasteiger partial charge on any atom is 0.434 e. The highest BCUT2D eigenvalue weighted by Crippen LogP contribution is 2.38. The van der Waals surface area contributed by atoms with Crippen LogP contribution in [-0.4, -0.2) is 51.5 Å². The van der Waals surface area contributed by atoms with Crippen LogP contribution in [0.2, 0.25) is 0 Å². The molecule has 0 aliphatic carbocycles. The number of aromatic nitrogens is 3. The molecular formula is C23H21F3N6O4S.